The first-order valence-corrected chi connectivity index (χ1v) is 13.1. The van der Waals surface area contributed by atoms with Crippen molar-refractivity contribution in [3.63, 3.8) is 0 Å². The Hall–Kier alpha value is -0.433. The number of carboxylic acid groups (broad SMARTS) is 1. The van der Waals surface area contributed by atoms with Crippen LogP contribution < -0.4 is 0 Å². The van der Waals surface area contributed by atoms with Gasteiger partial charge in [0.05, 0.1) is 19.1 Å². The number of rotatable bonds is 8. The van der Waals surface area contributed by atoms with Gasteiger partial charge in [0, 0.05) is 6.61 Å². The Morgan fingerprint density at radius 2 is 1.77 bits per heavy atom. The van der Waals surface area contributed by atoms with E-state index in [0.29, 0.717) is 25.0 Å². The van der Waals surface area contributed by atoms with Crippen molar-refractivity contribution in [3.05, 3.63) is 0 Å². The molecule has 1 aliphatic carbocycles. The molecule has 3 atom stereocenters. The minimum absolute atomic E-state index is 0.0595. The molecule has 26 heavy (non-hydrogen) atoms. The summed E-state index contributed by atoms with van der Waals surface area (Å²) in [6.07, 6.45) is 5.45. The topological polar surface area (TPSA) is 65.0 Å². The second-order valence-corrected chi connectivity index (χ2v) is 14.4. The van der Waals surface area contributed by atoms with Gasteiger partial charge in [-0.3, -0.25) is 4.79 Å². The average Bonchev–Trinajstić information content (AvgIpc) is 3.05. The third-order valence-electron chi connectivity index (χ3n) is 6.66. The molecule has 1 heterocycles. The van der Waals surface area contributed by atoms with Crippen molar-refractivity contribution < 1.29 is 23.8 Å². The molecule has 2 fully saturated rings. The molecule has 0 aromatic carbocycles. The van der Waals surface area contributed by atoms with Gasteiger partial charge < -0.3 is 19.0 Å². The third kappa shape index (κ3) is 6.04. The molecular formula is C20H38O5Si. The van der Waals surface area contributed by atoms with Crippen molar-refractivity contribution >= 4 is 14.3 Å². The van der Waals surface area contributed by atoms with Crippen LogP contribution in [0.3, 0.4) is 0 Å². The van der Waals surface area contributed by atoms with Crippen molar-refractivity contribution in [1.29, 1.82) is 0 Å². The van der Waals surface area contributed by atoms with Crippen LogP contribution in [0.1, 0.15) is 59.3 Å². The predicted molar refractivity (Wildman–Crippen MR) is 105 cm³/mol. The van der Waals surface area contributed by atoms with E-state index in [-0.39, 0.29) is 17.2 Å². The first-order valence-electron chi connectivity index (χ1n) is 10.2. The summed E-state index contributed by atoms with van der Waals surface area (Å²) >= 11 is 0. The van der Waals surface area contributed by atoms with Crippen molar-refractivity contribution in [1.82, 2.24) is 0 Å². The van der Waals surface area contributed by atoms with Gasteiger partial charge in [-0.05, 0) is 68.5 Å². The maximum Gasteiger partial charge on any atom is 0.306 e. The van der Waals surface area contributed by atoms with Gasteiger partial charge in [-0.25, -0.2) is 0 Å². The summed E-state index contributed by atoms with van der Waals surface area (Å²) in [5.74, 6) is 0.0745. The quantitative estimate of drug-likeness (QED) is 0.614. The van der Waals surface area contributed by atoms with Gasteiger partial charge in [0.1, 0.15) is 0 Å². The molecule has 1 saturated heterocycles. The zero-order valence-electron chi connectivity index (χ0n) is 17.3. The molecule has 2 rings (SSSR count). The standard InChI is InChI=1S/C20H38O5Si/c1-20(2,3)26(4,5)25-14-17-10-9-16(19(21)22)13-15(17)7-6-8-18-23-11-12-24-18/h15-18H,6-14H2,1-5H3,(H,21,22)/t15?,16-,17+/m1/s1. The minimum Gasteiger partial charge on any atom is -0.481 e. The fraction of sp³-hybridized carbons (Fsp3) is 0.950. The second-order valence-electron chi connectivity index (χ2n) is 9.54. The van der Waals surface area contributed by atoms with Gasteiger partial charge in [0.25, 0.3) is 0 Å². The van der Waals surface area contributed by atoms with E-state index in [4.69, 9.17) is 13.9 Å². The molecule has 1 aliphatic heterocycles. The Labute approximate surface area is 159 Å². The highest BCUT2D eigenvalue weighted by Crippen LogP contribution is 2.41. The van der Waals surface area contributed by atoms with Crippen LogP contribution in [-0.2, 0) is 18.7 Å². The zero-order valence-corrected chi connectivity index (χ0v) is 18.3. The Bertz CT molecular complexity index is 454. The third-order valence-corrected chi connectivity index (χ3v) is 11.2. The van der Waals surface area contributed by atoms with Gasteiger partial charge in [0.2, 0.25) is 0 Å². The van der Waals surface area contributed by atoms with Gasteiger partial charge in [-0.15, -0.1) is 0 Å². The van der Waals surface area contributed by atoms with E-state index in [0.717, 1.165) is 45.1 Å². The van der Waals surface area contributed by atoms with Crippen molar-refractivity contribution in [2.24, 2.45) is 17.8 Å². The summed E-state index contributed by atoms with van der Waals surface area (Å²) in [4.78, 5) is 11.5. The first-order chi connectivity index (χ1) is 12.1. The highest BCUT2D eigenvalue weighted by molar-refractivity contribution is 6.74. The zero-order chi connectivity index (χ0) is 19.4. The van der Waals surface area contributed by atoms with Gasteiger partial charge in [0.15, 0.2) is 14.6 Å². The molecule has 0 aromatic rings. The molecule has 0 aromatic heterocycles. The number of hydrogen-bond acceptors (Lipinski definition) is 4. The normalized spacial score (nSPS) is 28.4. The number of carbonyl (C=O) groups is 1. The fourth-order valence-electron chi connectivity index (χ4n) is 3.78. The fourth-order valence-corrected chi connectivity index (χ4v) is 4.84. The van der Waals surface area contributed by atoms with E-state index in [1.54, 1.807) is 0 Å². The number of ether oxygens (including phenoxy) is 2. The first kappa shape index (κ1) is 21.9. The summed E-state index contributed by atoms with van der Waals surface area (Å²) in [6, 6.07) is 0. The molecular weight excluding hydrogens is 348 g/mol. The van der Waals surface area contributed by atoms with Gasteiger partial charge in [-0.1, -0.05) is 20.8 Å². The molecule has 0 spiro atoms. The average molecular weight is 387 g/mol. The highest BCUT2D eigenvalue weighted by atomic mass is 28.4. The van der Waals surface area contributed by atoms with Crippen LogP contribution >= 0.6 is 0 Å². The van der Waals surface area contributed by atoms with Crippen LogP contribution in [0.15, 0.2) is 0 Å². The van der Waals surface area contributed by atoms with E-state index >= 15 is 0 Å². The predicted octanol–water partition coefficient (Wildman–Crippen LogP) is 4.67. The monoisotopic (exact) mass is 386 g/mol. The Morgan fingerprint density at radius 3 is 2.35 bits per heavy atom. The molecule has 2 aliphatic rings. The molecule has 1 unspecified atom stereocenters. The highest BCUT2D eigenvalue weighted by Gasteiger charge is 2.40. The van der Waals surface area contributed by atoms with Crippen molar-refractivity contribution in [2.45, 2.75) is 83.7 Å². The van der Waals surface area contributed by atoms with E-state index in [1.165, 1.54) is 0 Å². The van der Waals surface area contributed by atoms with Crippen LogP contribution in [0, 0.1) is 17.8 Å². The molecule has 1 N–H and O–H groups in total. The lowest BCUT2D eigenvalue weighted by molar-refractivity contribution is -0.144. The van der Waals surface area contributed by atoms with Crippen molar-refractivity contribution in [3.8, 4) is 0 Å². The maximum atomic E-state index is 11.5. The van der Waals surface area contributed by atoms with Crippen LogP contribution in [0.2, 0.25) is 18.1 Å². The van der Waals surface area contributed by atoms with E-state index < -0.39 is 14.3 Å². The van der Waals surface area contributed by atoms with Crippen molar-refractivity contribution in [2.75, 3.05) is 19.8 Å². The lowest BCUT2D eigenvalue weighted by atomic mass is 9.72. The maximum absolute atomic E-state index is 11.5. The molecule has 6 heteroatoms. The minimum atomic E-state index is -1.77. The summed E-state index contributed by atoms with van der Waals surface area (Å²) < 4.78 is 17.5. The summed E-state index contributed by atoms with van der Waals surface area (Å²) in [7, 11) is -1.77. The number of hydrogen-bond donors (Lipinski definition) is 1. The van der Waals surface area contributed by atoms with Gasteiger partial charge in [-0.2, -0.15) is 0 Å². The smallest absolute Gasteiger partial charge is 0.306 e. The summed E-state index contributed by atoms with van der Waals surface area (Å²) in [5.41, 5.74) is 0. The van der Waals surface area contributed by atoms with Crippen LogP contribution in [-0.4, -0.2) is 45.5 Å². The van der Waals surface area contributed by atoms with Crippen LogP contribution in [0.4, 0.5) is 0 Å². The van der Waals surface area contributed by atoms with Crippen LogP contribution in [0.25, 0.3) is 0 Å². The lowest BCUT2D eigenvalue weighted by Gasteiger charge is -2.40. The molecule has 152 valence electrons. The van der Waals surface area contributed by atoms with E-state index in [9.17, 15) is 9.90 Å². The Kier molecular flexibility index (Phi) is 7.71. The molecule has 0 bridgehead atoms. The Balaban J connectivity index is 1.89. The van der Waals surface area contributed by atoms with Crippen LogP contribution in [0.5, 0.6) is 0 Å². The molecule has 0 amide bonds. The molecule has 0 radical (unpaired) electrons. The lowest BCUT2D eigenvalue weighted by Crippen LogP contribution is -2.43. The number of aliphatic carboxylic acids is 1. The van der Waals surface area contributed by atoms with Gasteiger partial charge >= 0.3 is 5.97 Å². The summed E-state index contributed by atoms with van der Waals surface area (Å²) in [6.45, 7) is 13.5. The summed E-state index contributed by atoms with van der Waals surface area (Å²) in [5, 5.41) is 9.65. The van der Waals surface area contributed by atoms with E-state index in [1.807, 2.05) is 0 Å². The Morgan fingerprint density at radius 1 is 1.12 bits per heavy atom. The largest absolute Gasteiger partial charge is 0.481 e. The van der Waals surface area contributed by atoms with E-state index in [2.05, 4.69) is 33.9 Å². The molecule has 1 saturated carbocycles. The molecule has 5 nitrogen and oxygen atoms in total. The SMILES string of the molecule is CC(C)(C)[Si](C)(C)OC[C@@H]1CC[C@@H](C(=O)O)CC1CCCC1OCCO1. The number of carboxylic acids is 1. The second kappa shape index (κ2) is 9.17.